The molecule has 0 spiro atoms. The SMILES string of the molecule is C.CCCCCCCCC=CCCCCCCCCN. The van der Waals surface area contributed by atoms with Crippen molar-refractivity contribution in [1.82, 2.24) is 0 Å². The second kappa shape index (κ2) is 21.0. The largest absolute Gasteiger partial charge is 0.330 e. The van der Waals surface area contributed by atoms with Crippen LogP contribution in [0.15, 0.2) is 12.2 Å². The molecule has 0 amide bonds. The number of nitrogens with two attached hydrogens (primary N) is 1. The molecule has 1 nitrogen and oxygen atoms in total. The molecule has 0 aromatic rings. The average molecular weight is 284 g/mol. The van der Waals surface area contributed by atoms with Gasteiger partial charge in [-0.25, -0.2) is 0 Å². The van der Waals surface area contributed by atoms with Gasteiger partial charge < -0.3 is 5.73 Å². The van der Waals surface area contributed by atoms with Crippen molar-refractivity contribution in [3.8, 4) is 0 Å². The molecule has 1 heteroatoms. The zero-order chi connectivity index (χ0) is 14.0. The molecule has 0 rings (SSSR count). The maximum atomic E-state index is 5.47. The fraction of sp³-hybridized carbons (Fsp3) is 0.895. The van der Waals surface area contributed by atoms with Crippen LogP contribution in [0.2, 0.25) is 0 Å². The van der Waals surface area contributed by atoms with Gasteiger partial charge in [-0.15, -0.1) is 0 Å². The van der Waals surface area contributed by atoms with Gasteiger partial charge in [0, 0.05) is 0 Å². The molecule has 0 aromatic heterocycles. The van der Waals surface area contributed by atoms with E-state index in [9.17, 15) is 0 Å². The van der Waals surface area contributed by atoms with E-state index >= 15 is 0 Å². The van der Waals surface area contributed by atoms with Crippen LogP contribution in [0.25, 0.3) is 0 Å². The maximum absolute atomic E-state index is 5.47. The van der Waals surface area contributed by atoms with Crippen molar-refractivity contribution < 1.29 is 0 Å². The van der Waals surface area contributed by atoms with Gasteiger partial charge in [0.25, 0.3) is 0 Å². The van der Waals surface area contributed by atoms with Gasteiger partial charge in [-0.05, 0) is 38.6 Å². The van der Waals surface area contributed by atoms with Crippen LogP contribution in [-0.4, -0.2) is 6.54 Å². The van der Waals surface area contributed by atoms with Crippen molar-refractivity contribution in [2.75, 3.05) is 6.54 Å². The van der Waals surface area contributed by atoms with Crippen LogP contribution in [0.5, 0.6) is 0 Å². The molecule has 0 atom stereocenters. The summed E-state index contributed by atoms with van der Waals surface area (Å²) in [5.74, 6) is 0. The summed E-state index contributed by atoms with van der Waals surface area (Å²) in [6.45, 7) is 3.14. The van der Waals surface area contributed by atoms with Crippen LogP contribution in [0.4, 0.5) is 0 Å². The Morgan fingerprint density at radius 1 is 0.600 bits per heavy atom. The van der Waals surface area contributed by atoms with Gasteiger partial charge in [0.1, 0.15) is 0 Å². The Hall–Kier alpha value is -0.300. The number of hydrogen-bond donors (Lipinski definition) is 1. The minimum atomic E-state index is 0. The first-order valence-corrected chi connectivity index (χ1v) is 8.77. The molecule has 0 unspecified atom stereocenters. The Kier molecular flexibility index (Phi) is 23.1. The topological polar surface area (TPSA) is 26.0 Å². The van der Waals surface area contributed by atoms with E-state index in [1.807, 2.05) is 0 Å². The molecule has 0 aliphatic rings. The predicted molar refractivity (Wildman–Crippen MR) is 95.2 cm³/mol. The van der Waals surface area contributed by atoms with Crippen molar-refractivity contribution in [3.05, 3.63) is 12.2 Å². The monoisotopic (exact) mass is 283 g/mol. The lowest BCUT2D eigenvalue weighted by Crippen LogP contribution is -1.97. The van der Waals surface area contributed by atoms with E-state index in [-0.39, 0.29) is 7.43 Å². The molecule has 20 heavy (non-hydrogen) atoms. The van der Waals surface area contributed by atoms with Gasteiger partial charge in [-0.1, -0.05) is 84.3 Å². The fourth-order valence-electron chi connectivity index (χ4n) is 2.39. The molecule has 0 saturated heterocycles. The first-order chi connectivity index (χ1) is 9.41. The average Bonchev–Trinajstić information content (AvgIpc) is 2.43. The smallest absolute Gasteiger partial charge is 0.00773 e. The highest BCUT2D eigenvalue weighted by atomic mass is 14.5. The van der Waals surface area contributed by atoms with Gasteiger partial charge in [0.15, 0.2) is 0 Å². The summed E-state index contributed by atoms with van der Waals surface area (Å²) in [6, 6.07) is 0. The summed E-state index contributed by atoms with van der Waals surface area (Å²) in [5, 5.41) is 0. The van der Waals surface area contributed by atoms with E-state index in [1.54, 1.807) is 0 Å². The lowest BCUT2D eigenvalue weighted by Gasteiger charge is -1.99. The molecule has 0 radical (unpaired) electrons. The first-order valence-electron chi connectivity index (χ1n) is 8.77. The van der Waals surface area contributed by atoms with Crippen LogP contribution in [0, 0.1) is 0 Å². The van der Waals surface area contributed by atoms with Gasteiger partial charge in [0.05, 0.1) is 0 Å². The van der Waals surface area contributed by atoms with E-state index in [2.05, 4.69) is 19.1 Å². The molecule has 0 aromatic carbocycles. The Balaban J connectivity index is 0. The third-order valence-corrected chi connectivity index (χ3v) is 3.72. The van der Waals surface area contributed by atoms with Crippen LogP contribution in [0.3, 0.4) is 0 Å². The minimum absolute atomic E-state index is 0. The number of hydrogen-bond acceptors (Lipinski definition) is 1. The molecule has 122 valence electrons. The zero-order valence-corrected chi connectivity index (χ0v) is 13.3. The molecule has 0 saturated carbocycles. The van der Waals surface area contributed by atoms with Crippen LogP contribution in [-0.2, 0) is 0 Å². The summed E-state index contributed by atoms with van der Waals surface area (Å²) in [5.41, 5.74) is 5.47. The van der Waals surface area contributed by atoms with Gasteiger partial charge in [-0.3, -0.25) is 0 Å². The van der Waals surface area contributed by atoms with Crippen molar-refractivity contribution in [2.45, 2.75) is 104 Å². The molecule has 0 bridgehead atoms. The van der Waals surface area contributed by atoms with Crippen molar-refractivity contribution in [1.29, 1.82) is 0 Å². The summed E-state index contributed by atoms with van der Waals surface area (Å²) in [4.78, 5) is 0. The van der Waals surface area contributed by atoms with Crippen molar-refractivity contribution >= 4 is 0 Å². The second-order valence-corrected chi connectivity index (χ2v) is 5.73. The van der Waals surface area contributed by atoms with Crippen molar-refractivity contribution in [3.63, 3.8) is 0 Å². The van der Waals surface area contributed by atoms with E-state index in [0.29, 0.717) is 0 Å². The van der Waals surface area contributed by atoms with Gasteiger partial charge in [-0.2, -0.15) is 0 Å². The summed E-state index contributed by atoms with van der Waals surface area (Å²) < 4.78 is 0. The van der Waals surface area contributed by atoms with E-state index in [1.165, 1.54) is 89.9 Å². The summed E-state index contributed by atoms with van der Waals surface area (Å²) >= 11 is 0. The fourth-order valence-corrected chi connectivity index (χ4v) is 2.39. The minimum Gasteiger partial charge on any atom is -0.330 e. The van der Waals surface area contributed by atoms with Gasteiger partial charge in [0.2, 0.25) is 0 Å². The van der Waals surface area contributed by atoms with E-state index < -0.39 is 0 Å². The van der Waals surface area contributed by atoms with Crippen molar-refractivity contribution in [2.24, 2.45) is 5.73 Å². The second-order valence-electron chi connectivity index (χ2n) is 5.73. The highest BCUT2D eigenvalue weighted by Gasteiger charge is 1.90. The molecular weight excluding hydrogens is 242 g/mol. The lowest BCUT2D eigenvalue weighted by molar-refractivity contribution is 0.599. The predicted octanol–water partition coefficient (Wildman–Crippen LogP) is 6.62. The molecule has 0 aliphatic carbocycles. The van der Waals surface area contributed by atoms with Crippen LogP contribution in [0.1, 0.15) is 104 Å². The highest BCUT2D eigenvalue weighted by Crippen LogP contribution is 2.09. The summed E-state index contributed by atoms with van der Waals surface area (Å²) in [7, 11) is 0. The number of rotatable bonds is 15. The van der Waals surface area contributed by atoms with Gasteiger partial charge >= 0.3 is 0 Å². The third kappa shape index (κ3) is 20.0. The van der Waals surface area contributed by atoms with Crippen LogP contribution >= 0.6 is 0 Å². The molecular formula is C19H41N. The first kappa shape index (κ1) is 22.0. The standard InChI is InChI=1S/C18H37N.CH4/c1-2-3-4-5-6-7-8-9-10-11-12-13-14-15-16-17-18-19;/h9-10H,2-8,11-19H2,1H3;1H4. The Morgan fingerprint density at radius 2 is 1.00 bits per heavy atom. The molecule has 0 aliphatic heterocycles. The maximum Gasteiger partial charge on any atom is -0.00773 e. The Bertz CT molecular complexity index is 175. The molecule has 0 fully saturated rings. The van der Waals surface area contributed by atoms with E-state index in [0.717, 1.165) is 6.54 Å². The number of unbranched alkanes of at least 4 members (excludes halogenated alkanes) is 12. The Labute approximate surface area is 129 Å². The third-order valence-electron chi connectivity index (χ3n) is 3.72. The zero-order valence-electron chi connectivity index (χ0n) is 13.3. The van der Waals surface area contributed by atoms with Crippen LogP contribution < -0.4 is 5.73 Å². The molecule has 0 heterocycles. The molecule has 2 N–H and O–H groups in total. The number of allylic oxidation sites excluding steroid dienone is 2. The van der Waals surface area contributed by atoms with E-state index in [4.69, 9.17) is 5.73 Å². The quantitative estimate of drug-likeness (QED) is 0.265. The summed E-state index contributed by atoms with van der Waals surface area (Å²) in [6.07, 6.45) is 23.9. The highest BCUT2D eigenvalue weighted by molar-refractivity contribution is 4.81. The lowest BCUT2D eigenvalue weighted by atomic mass is 10.1. The normalized spacial score (nSPS) is 10.9. The Morgan fingerprint density at radius 3 is 1.45 bits per heavy atom.